The number of nitrogens with zero attached hydrogens (tertiary/aromatic N) is 1. The maximum Gasteiger partial charge on any atom is 0.285 e. The smallest absolute Gasteiger partial charge is 0.285 e. The van der Waals surface area contributed by atoms with Crippen molar-refractivity contribution in [3.63, 3.8) is 0 Å². The number of aryl methyl sites for hydroxylation is 1. The second kappa shape index (κ2) is 10.3. The zero-order valence-electron chi connectivity index (χ0n) is 17.6. The van der Waals surface area contributed by atoms with E-state index in [4.69, 9.17) is 17.0 Å². The minimum atomic E-state index is -0.389. The van der Waals surface area contributed by atoms with E-state index in [1.54, 1.807) is 18.2 Å². The van der Waals surface area contributed by atoms with Gasteiger partial charge in [0.05, 0.1) is 4.91 Å². The van der Waals surface area contributed by atoms with Gasteiger partial charge in [-0.1, -0.05) is 69.7 Å². The summed E-state index contributed by atoms with van der Waals surface area (Å²) in [6, 6.07) is 22.5. The lowest BCUT2D eigenvalue weighted by molar-refractivity contribution is -0.123. The van der Waals surface area contributed by atoms with Crippen molar-refractivity contribution in [2.24, 2.45) is 0 Å². The minimum Gasteiger partial charge on any atom is -0.489 e. The van der Waals surface area contributed by atoms with Crippen molar-refractivity contribution < 1.29 is 14.3 Å². The van der Waals surface area contributed by atoms with Gasteiger partial charge in [-0.2, -0.15) is 5.01 Å². The molecule has 1 aliphatic heterocycles. The van der Waals surface area contributed by atoms with Crippen LogP contribution in [0.3, 0.4) is 0 Å². The molecular weight excluding hydrogens is 520 g/mol. The molecular formula is C25H19BrN2O3S2. The van der Waals surface area contributed by atoms with E-state index in [1.165, 1.54) is 0 Å². The van der Waals surface area contributed by atoms with Crippen LogP contribution in [0, 0.1) is 6.92 Å². The molecule has 0 radical (unpaired) electrons. The van der Waals surface area contributed by atoms with Gasteiger partial charge in [-0.3, -0.25) is 15.0 Å². The number of thiocarbonyl (C=S) groups is 1. The Morgan fingerprint density at radius 3 is 2.55 bits per heavy atom. The molecule has 166 valence electrons. The summed E-state index contributed by atoms with van der Waals surface area (Å²) in [5.74, 6) is -0.0232. The number of hydrogen-bond donors (Lipinski definition) is 1. The number of carbonyl (C=O) groups excluding carboxylic acids is 2. The fourth-order valence-electron chi connectivity index (χ4n) is 3.04. The highest BCUT2D eigenvalue weighted by Crippen LogP contribution is 2.31. The number of thioether (sulfide) groups is 1. The van der Waals surface area contributed by atoms with Crippen LogP contribution >= 0.6 is 39.9 Å². The van der Waals surface area contributed by atoms with E-state index in [1.807, 2.05) is 67.6 Å². The summed E-state index contributed by atoms with van der Waals surface area (Å²) in [6.45, 7) is 2.40. The number of ether oxygens (including phenoxy) is 1. The molecule has 1 saturated heterocycles. The van der Waals surface area contributed by atoms with Gasteiger partial charge in [0.15, 0.2) is 4.32 Å². The summed E-state index contributed by atoms with van der Waals surface area (Å²) in [6.07, 6.45) is 1.75. The molecule has 0 saturated carbocycles. The predicted molar refractivity (Wildman–Crippen MR) is 139 cm³/mol. The third-order valence-electron chi connectivity index (χ3n) is 4.79. The average Bonchev–Trinajstić information content (AvgIpc) is 3.06. The number of carbonyl (C=O) groups is 2. The van der Waals surface area contributed by atoms with Crippen LogP contribution in [-0.4, -0.2) is 21.1 Å². The summed E-state index contributed by atoms with van der Waals surface area (Å²) >= 11 is 9.90. The fraction of sp³-hybridized carbons (Fsp3) is 0.0800. The summed E-state index contributed by atoms with van der Waals surface area (Å²) in [5, 5.41) is 1.11. The maximum absolute atomic E-state index is 12.8. The second-order valence-electron chi connectivity index (χ2n) is 7.31. The molecule has 1 aliphatic rings. The van der Waals surface area contributed by atoms with Gasteiger partial charge < -0.3 is 4.74 Å². The Bertz CT molecular complexity index is 1240. The van der Waals surface area contributed by atoms with E-state index in [0.29, 0.717) is 17.1 Å². The number of amides is 2. The van der Waals surface area contributed by atoms with Crippen molar-refractivity contribution in [3.05, 3.63) is 104 Å². The quantitative estimate of drug-likeness (QED) is 0.313. The standard InChI is InChI=1S/C25H19BrN2O3S2/c1-16-5-9-19(10-6-16)23(29)27-28-24(30)22(33-25(28)32)14-17-7-11-21(12-8-17)31-15-18-3-2-4-20(26)13-18/h2-14H,15H2,1H3,(H,27,29)/b22-14+. The van der Waals surface area contributed by atoms with Gasteiger partial charge in [0.25, 0.3) is 11.8 Å². The number of rotatable bonds is 6. The maximum atomic E-state index is 12.8. The summed E-state index contributed by atoms with van der Waals surface area (Å²) in [7, 11) is 0. The average molecular weight is 539 g/mol. The molecule has 0 atom stereocenters. The van der Waals surface area contributed by atoms with E-state index in [2.05, 4.69) is 21.4 Å². The highest BCUT2D eigenvalue weighted by molar-refractivity contribution is 9.10. The van der Waals surface area contributed by atoms with E-state index < -0.39 is 0 Å². The number of halogens is 1. The van der Waals surface area contributed by atoms with Crippen molar-refractivity contribution in [1.29, 1.82) is 0 Å². The van der Waals surface area contributed by atoms with Crippen LogP contribution in [0.2, 0.25) is 0 Å². The molecule has 3 aromatic carbocycles. The molecule has 5 nitrogen and oxygen atoms in total. The van der Waals surface area contributed by atoms with Crippen LogP contribution in [0.4, 0.5) is 0 Å². The molecule has 2 amide bonds. The Kier molecular flexibility index (Phi) is 7.27. The predicted octanol–water partition coefficient (Wildman–Crippen LogP) is 5.88. The Labute approximate surface area is 209 Å². The first-order chi connectivity index (χ1) is 15.9. The lowest BCUT2D eigenvalue weighted by atomic mass is 10.1. The van der Waals surface area contributed by atoms with Crippen molar-refractivity contribution in [2.75, 3.05) is 0 Å². The minimum absolute atomic E-state index is 0.278. The third-order valence-corrected chi connectivity index (χ3v) is 6.59. The van der Waals surface area contributed by atoms with Gasteiger partial charge in [0, 0.05) is 10.0 Å². The first kappa shape index (κ1) is 23.2. The van der Waals surface area contributed by atoms with Crippen LogP contribution in [0.5, 0.6) is 5.75 Å². The van der Waals surface area contributed by atoms with Crippen LogP contribution < -0.4 is 10.2 Å². The molecule has 0 bridgehead atoms. The van der Waals surface area contributed by atoms with Crippen LogP contribution in [-0.2, 0) is 11.4 Å². The Balaban J connectivity index is 1.39. The van der Waals surface area contributed by atoms with Crippen molar-refractivity contribution in [2.45, 2.75) is 13.5 Å². The zero-order chi connectivity index (χ0) is 23.4. The Morgan fingerprint density at radius 1 is 1.12 bits per heavy atom. The first-order valence-electron chi connectivity index (χ1n) is 10.0. The van der Waals surface area contributed by atoms with Crippen molar-refractivity contribution >= 4 is 62.1 Å². The van der Waals surface area contributed by atoms with E-state index >= 15 is 0 Å². The number of hydrazine groups is 1. The molecule has 8 heteroatoms. The molecule has 0 unspecified atom stereocenters. The van der Waals surface area contributed by atoms with Gasteiger partial charge in [0.1, 0.15) is 12.4 Å². The molecule has 4 rings (SSSR count). The number of nitrogens with one attached hydrogen (secondary N) is 1. The number of benzene rings is 3. The second-order valence-corrected chi connectivity index (χ2v) is 9.90. The van der Waals surface area contributed by atoms with Crippen molar-refractivity contribution in [3.8, 4) is 5.75 Å². The van der Waals surface area contributed by atoms with Gasteiger partial charge >= 0.3 is 0 Å². The zero-order valence-corrected chi connectivity index (χ0v) is 20.8. The summed E-state index contributed by atoms with van der Waals surface area (Å²) in [5.41, 5.74) is 5.98. The summed E-state index contributed by atoms with van der Waals surface area (Å²) in [4.78, 5) is 25.7. The fourth-order valence-corrected chi connectivity index (χ4v) is 4.67. The van der Waals surface area contributed by atoms with E-state index in [0.717, 1.165) is 43.7 Å². The first-order valence-corrected chi connectivity index (χ1v) is 12.0. The van der Waals surface area contributed by atoms with Gasteiger partial charge in [-0.25, -0.2) is 0 Å². The number of hydrogen-bond acceptors (Lipinski definition) is 5. The van der Waals surface area contributed by atoms with Crippen molar-refractivity contribution in [1.82, 2.24) is 10.4 Å². The molecule has 0 aliphatic carbocycles. The van der Waals surface area contributed by atoms with E-state index in [9.17, 15) is 9.59 Å². The lowest BCUT2D eigenvalue weighted by Crippen LogP contribution is -2.44. The topological polar surface area (TPSA) is 58.6 Å². The molecule has 0 spiro atoms. The summed E-state index contributed by atoms with van der Waals surface area (Å²) < 4.78 is 7.11. The molecule has 0 aromatic heterocycles. The monoisotopic (exact) mass is 538 g/mol. The van der Waals surface area contributed by atoms with Gasteiger partial charge in [0.2, 0.25) is 0 Å². The van der Waals surface area contributed by atoms with Gasteiger partial charge in [-0.05, 0) is 72.7 Å². The lowest BCUT2D eigenvalue weighted by Gasteiger charge is -2.15. The SMILES string of the molecule is Cc1ccc(C(=O)NN2C(=O)/C(=C\c3ccc(OCc4cccc(Br)c4)cc3)SC2=S)cc1. The normalized spacial score (nSPS) is 14.6. The Morgan fingerprint density at radius 2 is 1.85 bits per heavy atom. The molecule has 1 heterocycles. The molecule has 3 aromatic rings. The molecule has 33 heavy (non-hydrogen) atoms. The molecule has 1 N–H and O–H groups in total. The van der Waals surface area contributed by atoms with Gasteiger partial charge in [-0.15, -0.1) is 0 Å². The Hall–Kier alpha value is -2.94. The highest BCUT2D eigenvalue weighted by atomic mass is 79.9. The largest absolute Gasteiger partial charge is 0.489 e. The van der Waals surface area contributed by atoms with Crippen LogP contribution in [0.1, 0.15) is 27.0 Å². The molecule has 1 fully saturated rings. The third kappa shape index (κ3) is 5.90. The van der Waals surface area contributed by atoms with Crippen LogP contribution in [0.25, 0.3) is 6.08 Å². The van der Waals surface area contributed by atoms with Crippen LogP contribution in [0.15, 0.2) is 82.2 Å². The highest BCUT2D eigenvalue weighted by Gasteiger charge is 2.33. The van der Waals surface area contributed by atoms with E-state index in [-0.39, 0.29) is 16.1 Å².